The van der Waals surface area contributed by atoms with Crippen molar-refractivity contribution in [1.82, 2.24) is 15.5 Å². The van der Waals surface area contributed by atoms with Gasteiger partial charge in [-0.3, -0.25) is 4.79 Å². The van der Waals surface area contributed by atoms with E-state index in [-0.39, 0.29) is 12.0 Å². The fraction of sp³-hybridized carbons (Fsp3) is 0.619. The van der Waals surface area contributed by atoms with Crippen LogP contribution in [-0.4, -0.2) is 42.4 Å². The van der Waals surface area contributed by atoms with Gasteiger partial charge in [-0.05, 0) is 43.9 Å². The summed E-state index contributed by atoms with van der Waals surface area (Å²) in [6.07, 6.45) is 6.80. The number of carbonyl (C=O) groups is 1. The molecule has 6 heteroatoms. The zero-order valence-corrected chi connectivity index (χ0v) is 17.0. The quantitative estimate of drug-likeness (QED) is 0.596. The molecule has 2 N–H and O–H groups in total. The second-order valence-corrected chi connectivity index (χ2v) is 8.01. The van der Waals surface area contributed by atoms with Crippen molar-refractivity contribution in [3.63, 3.8) is 0 Å². The van der Waals surface area contributed by atoms with E-state index in [1.807, 2.05) is 24.3 Å². The molecule has 1 aliphatic heterocycles. The van der Waals surface area contributed by atoms with Gasteiger partial charge in [-0.1, -0.05) is 43.0 Å². The maximum absolute atomic E-state index is 12.7. The summed E-state index contributed by atoms with van der Waals surface area (Å²) in [4.78, 5) is 19.5. The number of rotatable bonds is 5. The molecule has 3 rings (SSSR count). The van der Waals surface area contributed by atoms with Crippen molar-refractivity contribution in [2.75, 3.05) is 19.6 Å². The van der Waals surface area contributed by atoms with Crippen LogP contribution in [0.1, 0.15) is 51.0 Å². The highest BCUT2D eigenvalue weighted by Gasteiger charge is 2.31. The molecule has 27 heavy (non-hydrogen) atoms. The first-order valence-electron chi connectivity index (χ1n) is 10.2. The second kappa shape index (κ2) is 9.98. The fourth-order valence-corrected chi connectivity index (χ4v) is 4.09. The van der Waals surface area contributed by atoms with Crippen molar-refractivity contribution in [2.45, 2.75) is 58.0 Å². The zero-order chi connectivity index (χ0) is 19.1. The summed E-state index contributed by atoms with van der Waals surface area (Å²) >= 11 is 5.94. The Morgan fingerprint density at radius 1 is 1.19 bits per heavy atom. The molecule has 0 bridgehead atoms. The van der Waals surface area contributed by atoms with Crippen molar-refractivity contribution >= 4 is 23.5 Å². The van der Waals surface area contributed by atoms with E-state index in [9.17, 15) is 4.79 Å². The molecule has 0 aromatic heterocycles. The molecular formula is C21H31ClN4O. The third-order valence-electron chi connectivity index (χ3n) is 5.47. The molecule has 1 saturated heterocycles. The fourth-order valence-electron chi connectivity index (χ4n) is 3.96. The molecular weight excluding hydrogens is 360 g/mol. The number of likely N-dealkylation sites (tertiary alicyclic amines) is 1. The first-order chi connectivity index (χ1) is 13.2. The van der Waals surface area contributed by atoms with Gasteiger partial charge in [0.15, 0.2) is 5.96 Å². The maximum atomic E-state index is 12.7. The number of halogens is 1. The first-order valence-corrected chi connectivity index (χ1v) is 10.6. The summed E-state index contributed by atoms with van der Waals surface area (Å²) in [5.74, 6) is 1.43. The second-order valence-electron chi connectivity index (χ2n) is 7.57. The Balaban J connectivity index is 1.52. The van der Waals surface area contributed by atoms with E-state index in [2.05, 4.69) is 27.4 Å². The highest BCUT2D eigenvalue weighted by Crippen LogP contribution is 2.26. The number of nitrogens with zero attached hydrogens (tertiary/aromatic N) is 2. The lowest BCUT2D eigenvalue weighted by Crippen LogP contribution is -2.45. The number of benzene rings is 1. The lowest BCUT2D eigenvalue weighted by Gasteiger charge is -2.26. The molecule has 1 heterocycles. The molecule has 0 spiro atoms. The Morgan fingerprint density at radius 3 is 2.63 bits per heavy atom. The van der Waals surface area contributed by atoms with Gasteiger partial charge in [0.05, 0.1) is 6.54 Å². The normalized spacial score (nSPS) is 21.3. The summed E-state index contributed by atoms with van der Waals surface area (Å²) in [5.41, 5.74) is 1.12. The number of guanidine groups is 1. The van der Waals surface area contributed by atoms with Crippen LogP contribution in [0.2, 0.25) is 5.02 Å². The Morgan fingerprint density at radius 2 is 1.93 bits per heavy atom. The van der Waals surface area contributed by atoms with Crippen LogP contribution in [0.15, 0.2) is 29.3 Å². The summed E-state index contributed by atoms with van der Waals surface area (Å²) in [6.45, 7) is 5.10. The Labute approximate surface area is 167 Å². The average Bonchev–Trinajstić information content (AvgIpc) is 3.16. The summed E-state index contributed by atoms with van der Waals surface area (Å²) in [5, 5.41) is 7.55. The maximum Gasteiger partial charge on any atom is 0.225 e. The minimum absolute atomic E-state index is 0.254. The topological polar surface area (TPSA) is 56.7 Å². The molecule has 2 fully saturated rings. The third-order valence-corrected chi connectivity index (χ3v) is 5.72. The molecule has 1 amide bonds. The minimum atomic E-state index is 0.254. The van der Waals surface area contributed by atoms with E-state index in [4.69, 9.17) is 11.6 Å². The standard InChI is InChI=1S/C21H31ClN4O/c1-2-23-21(24-14-16-8-10-18(22)11-9-16)25-19-12-13-26(15-19)20(27)17-6-4-3-5-7-17/h8-11,17,19H,2-7,12-15H2,1H3,(H2,23,24,25). The smallest absolute Gasteiger partial charge is 0.225 e. The summed E-state index contributed by atoms with van der Waals surface area (Å²) in [6, 6.07) is 8.03. The molecule has 1 aliphatic carbocycles. The lowest BCUT2D eigenvalue weighted by molar-refractivity contribution is -0.135. The predicted octanol–water partition coefficient (Wildman–Crippen LogP) is 3.58. The summed E-state index contributed by atoms with van der Waals surface area (Å²) in [7, 11) is 0. The monoisotopic (exact) mass is 390 g/mol. The van der Waals surface area contributed by atoms with Gasteiger partial charge in [0.1, 0.15) is 0 Å². The van der Waals surface area contributed by atoms with Crippen molar-refractivity contribution in [3.05, 3.63) is 34.9 Å². The van der Waals surface area contributed by atoms with Crippen LogP contribution in [0.3, 0.4) is 0 Å². The predicted molar refractivity (Wildman–Crippen MR) is 111 cm³/mol. The van der Waals surface area contributed by atoms with Gasteiger partial charge in [0.2, 0.25) is 5.91 Å². The van der Waals surface area contributed by atoms with Crippen LogP contribution >= 0.6 is 11.6 Å². The van der Waals surface area contributed by atoms with Crippen molar-refractivity contribution in [2.24, 2.45) is 10.9 Å². The van der Waals surface area contributed by atoms with Gasteiger partial charge >= 0.3 is 0 Å². The highest BCUT2D eigenvalue weighted by atomic mass is 35.5. The van der Waals surface area contributed by atoms with E-state index in [0.29, 0.717) is 12.5 Å². The van der Waals surface area contributed by atoms with Crippen molar-refractivity contribution in [3.8, 4) is 0 Å². The molecule has 2 aliphatic rings. The Kier molecular flexibility index (Phi) is 7.39. The van der Waals surface area contributed by atoms with E-state index in [0.717, 1.165) is 55.4 Å². The molecule has 148 valence electrons. The number of aliphatic imine (C=N–C) groups is 1. The van der Waals surface area contributed by atoms with Gasteiger partial charge in [-0.25, -0.2) is 4.99 Å². The highest BCUT2D eigenvalue weighted by molar-refractivity contribution is 6.30. The number of carbonyl (C=O) groups excluding carboxylic acids is 1. The Bertz CT molecular complexity index is 640. The molecule has 1 saturated carbocycles. The number of hydrogen-bond donors (Lipinski definition) is 2. The minimum Gasteiger partial charge on any atom is -0.357 e. The van der Waals surface area contributed by atoms with Crippen LogP contribution in [0.5, 0.6) is 0 Å². The van der Waals surface area contributed by atoms with Gasteiger partial charge in [0, 0.05) is 36.6 Å². The van der Waals surface area contributed by atoms with Crippen LogP contribution in [0.25, 0.3) is 0 Å². The molecule has 1 atom stereocenters. The van der Waals surface area contributed by atoms with Crippen molar-refractivity contribution in [1.29, 1.82) is 0 Å². The first kappa shape index (κ1) is 20.0. The van der Waals surface area contributed by atoms with Gasteiger partial charge < -0.3 is 15.5 Å². The molecule has 1 unspecified atom stereocenters. The zero-order valence-electron chi connectivity index (χ0n) is 16.2. The van der Waals surface area contributed by atoms with Crippen LogP contribution in [0.4, 0.5) is 0 Å². The molecule has 1 aromatic carbocycles. The van der Waals surface area contributed by atoms with Crippen LogP contribution < -0.4 is 10.6 Å². The Hall–Kier alpha value is -1.75. The lowest BCUT2D eigenvalue weighted by atomic mass is 9.88. The van der Waals surface area contributed by atoms with E-state index < -0.39 is 0 Å². The molecule has 5 nitrogen and oxygen atoms in total. The van der Waals surface area contributed by atoms with Gasteiger partial charge in [-0.2, -0.15) is 0 Å². The number of hydrogen-bond acceptors (Lipinski definition) is 2. The van der Waals surface area contributed by atoms with Crippen LogP contribution in [0, 0.1) is 5.92 Å². The number of amides is 1. The SMILES string of the molecule is CCNC(=NCc1ccc(Cl)cc1)NC1CCN(C(=O)C2CCCCC2)C1. The molecule has 0 radical (unpaired) electrons. The van der Waals surface area contributed by atoms with Crippen LogP contribution in [-0.2, 0) is 11.3 Å². The van der Waals surface area contributed by atoms with E-state index in [1.165, 1.54) is 19.3 Å². The number of nitrogens with one attached hydrogen (secondary N) is 2. The average molecular weight is 391 g/mol. The van der Waals surface area contributed by atoms with E-state index in [1.54, 1.807) is 0 Å². The molecule has 1 aromatic rings. The third kappa shape index (κ3) is 5.86. The largest absolute Gasteiger partial charge is 0.357 e. The van der Waals surface area contributed by atoms with Gasteiger partial charge in [0.25, 0.3) is 0 Å². The summed E-state index contributed by atoms with van der Waals surface area (Å²) < 4.78 is 0. The van der Waals surface area contributed by atoms with Crippen molar-refractivity contribution < 1.29 is 4.79 Å². The van der Waals surface area contributed by atoms with E-state index >= 15 is 0 Å². The van der Waals surface area contributed by atoms with Gasteiger partial charge in [-0.15, -0.1) is 0 Å².